The van der Waals surface area contributed by atoms with Gasteiger partial charge in [0.2, 0.25) is 0 Å². The molecule has 4 heteroatoms. The summed E-state index contributed by atoms with van der Waals surface area (Å²) < 4.78 is 2.26. The van der Waals surface area contributed by atoms with Gasteiger partial charge >= 0.3 is 0 Å². The van der Waals surface area contributed by atoms with Crippen molar-refractivity contribution in [2.45, 2.75) is 0 Å². The van der Waals surface area contributed by atoms with Crippen LogP contribution in [0.5, 0.6) is 0 Å². The highest BCUT2D eigenvalue weighted by atomic mass is 15.1. The largest absolute Gasteiger partial charge is 0.294 e. The molecule has 0 N–H and O–H groups in total. The Kier molecular flexibility index (Phi) is 4.79. The molecule has 0 unspecified atom stereocenters. The normalized spacial score (nSPS) is 11.6. The fourth-order valence-electron chi connectivity index (χ4n) is 5.74. The molecule has 4 heterocycles. The second-order valence-electron chi connectivity index (χ2n) is 9.75. The molecule has 0 aliphatic rings. The topological polar surface area (TPSA) is 43.6 Å². The minimum atomic E-state index is 0.875. The molecule has 0 fully saturated rings. The third-order valence-corrected chi connectivity index (χ3v) is 7.54. The number of hydrogen-bond acceptors (Lipinski definition) is 3. The SMILES string of the molecule is c1ccc(-c2ccc3c(c2)c2c4ccccc4ccc2n3-c2ccc(-c3nccc4ccccc34)cn2)nc1. The van der Waals surface area contributed by atoms with E-state index in [0.717, 1.165) is 44.8 Å². The summed E-state index contributed by atoms with van der Waals surface area (Å²) in [6.45, 7) is 0. The van der Waals surface area contributed by atoms with E-state index in [0.29, 0.717) is 0 Å². The van der Waals surface area contributed by atoms with E-state index in [1.807, 2.05) is 36.8 Å². The second kappa shape index (κ2) is 8.61. The van der Waals surface area contributed by atoms with Crippen LogP contribution < -0.4 is 0 Å². The Morgan fingerprint density at radius 1 is 0.487 bits per heavy atom. The summed E-state index contributed by atoms with van der Waals surface area (Å²) in [6, 6.07) is 40.2. The Balaban J connectivity index is 1.37. The lowest BCUT2D eigenvalue weighted by Crippen LogP contribution is -1.98. The van der Waals surface area contributed by atoms with Crippen LogP contribution in [0.15, 0.2) is 134 Å². The summed E-state index contributed by atoms with van der Waals surface area (Å²) in [5.74, 6) is 0.875. The predicted molar refractivity (Wildman–Crippen MR) is 160 cm³/mol. The molecule has 0 amide bonds. The van der Waals surface area contributed by atoms with Crippen molar-refractivity contribution in [1.82, 2.24) is 19.5 Å². The van der Waals surface area contributed by atoms with E-state index in [1.165, 1.54) is 26.9 Å². The number of rotatable bonds is 3. The van der Waals surface area contributed by atoms with Crippen molar-refractivity contribution in [2.24, 2.45) is 0 Å². The zero-order chi connectivity index (χ0) is 25.8. The van der Waals surface area contributed by atoms with Crippen molar-refractivity contribution >= 4 is 43.4 Å². The summed E-state index contributed by atoms with van der Waals surface area (Å²) in [6.07, 6.45) is 5.64. The van der Waals surface area contributed by atoms with Gasteiger partial charge in [0.05, 0.1) is 22.4 Å². The van der Waals surface area contributed by atoms with Crippen LogP contribution >= 0.6 is 0 Å². The lowest BCUT2D eigenvalue weighted by molar-refractivity contribution is 1.08. The lowest BCUT2D eigenvalue weighted by atomic mass is 10.0. The molecular formula is C35H22N4. The van der Waals surface area contributed by atoms with E-state index in [-0.39, 0.29) is 0 Å². The summed E-state index contributed by atoms with van der Waals surface area (Å²) >= 11 is 0. The number of pyridine rings is 3. The Bertz CT molecular complexity index is 2160. The Morgan fingerprint density at radius 3 is 2.08 bits per heavy atom. The van der Waals surface area contributed by atoms with Gasteiger partial charge in [0.15, 0.2) is 0 Å². The molecular weight excluding hydrogens is 476 g/mol. The fraction of sp³-hybridized carbons (Fsp3) is 0. The molecule has 4 aromatic carbocycles. The maximum absolute atomic E-state index is 4.98. The third-order valence-electron chi connectivity index (χ3n) is 7.54. The van der Waals surface area contributed by atoms with Crippen molar-refractivity contribution < 1.29 is 0 Å². The zero-order valence-corrected chi connectivity index (χ0v) is 21.0. The molecule has 4 nitrogen and oxygen atoms in total. The monoisotopic (exact) mass is 498 g/mol. The maximum Gasteiger partial charge on any atom is 0.137 e. The van der Waals surface area contributed by atoms with Crippen molar-refractivity contribution in [3.05, 3.63) is 134 Å². The second-order valence-corrected chi connectivity index (χ2v) is 9.75. The molecule has 8 rings (SSSR count). The van der Waals surface area contributed by atoms with E-state index >= 15 is 0 Å². The number of nitrogens with zero attached hydrogens (tertiary/aromatic N) is 4. The minimum Gasteiger partial charge on any atom is -0.294 e. The molecule has 39 heavy (non-hydrogen) atoms. The van der Waals surface area contributed by atoms with Gasteiger partial charge in [-0.25, -0.2) is 4.98 Å². The average Bonchev–Trinajstić information content (AvgIpc) is 3.35. The molecule has 182 valence electrons. The number of fused-ring (bicyclic) bond motifs is 6. The van der Waals surface area contributed by atoms with Crippen LogP contribution in [-0.2, 0) is 0 Å². The summed E-state index contributed by atoms with van der Waals surface area (Å²) in [5, 5.41) is 7.16. The van der Waals surface area contributed by atoms with E-state index in [1.54, 1.807) is 0 Å². The first-order valence-electron chi connectivity index (χ1n) is 13.0. The highest BCUT2D eigenvalue weighted by molar-refractivity contribution is 6.21. The Hall–Kier alpha value is -5.35. The maximum atomic E-state index is 4.98. The third kappa shape index (κ3) is 3.42. The fourth-order valence-corrected chi connectivity index (χ4v) is 5.74. The van der Waals surface area contributed by atoms with E-state index in [4.69, 9.17) is 4.98 Å². The first kappa shape index (κ1) is 21.7. The van der Waals surface area contributed by atoms with Gasteiger partial charge in [-0.3, -0.25) is 14.5 Å². The molecule has 0 aliphatic heterocycles. The smallest absolute Gasteiger partial charge is 0.137 e. The van der Waals surface area contributed by atoms with Crippen LogP contribution in [0, 0.1) is 0 Å². The van der Waals surface area contributed by atoms with Crippen molar-refractivity contribution in [1.29, 1.82) is 0 Å². The molecule has 0 saturated carbocycles. The first-order valence-corrected chi connectivity index (χ1v) is 13.0. The van der Waals surface area contributed by atoms with Crippen LogP contribution in [0.3, 0.4) is 0 Å². The summed E-state index contributed by atoms with van der Waals surface area (Å²) in [5.41, 5.74) is 6.25. The molecule has 0 radical (unpaired) electrons. The number of hydrogen-bond donors (Lipinski definition) is 0. The predicted octanol–water partition coefficient (Wildman–Crippen LogP) is 8.61. The van der Waals surface area contributed by atoms with Gasteiger partial charge in [-0.1, -0.05) is 66.7 Å². The quantitative estimate of drug-likeness (QED) is 0.245. The highest BCUT2D eigenvalue weighted by Crippen LogP contribution is 2.38. The molecule has 0 atom stereocenters. The minimum absolute atomic E-state index is 0.875. The number of benzene rings is 4. The van der Waals surface area contributed by atoms with E-state index < -0.39 is 0 Å². The van der Waals surface area contributed by atoms with Crippen molar-refractivity contribution in [3.8, 4) is 28.3 Å². The van der Waals surface area contributed by atoms with E-state index in [2.05, 4.69) is 112 Å². The van der Waals surface area contributed by atoms with Gasteiger partial charge < -0.3 is 0 Å². The molecule has 8 aromatic rings. The van der Waals surface area contributed by atoms with Crippen LogP contribution in [0.25, 0.3) is 71.7 Å². The van der Waals surface area contributed by atoms with Gasteiger partial charge in [-0.2, -0.15) is 0 Å². The van der Waals surface area contributed by atoms with Crippen LogP contribution in [0.4, 0.5) is 0 Å². The molecule has 0 bridgehead atoms. The molecule has 0 saturated heterocycles. The highest BCUT2D eigenvalue weighted by Gasteiger charge is 2.17. The summed E-state index contributed by atoms with van der Waals surface area (Å²) in [4.78, 5) is 14.3. The van der Waals surface area contributed by atoms with Crippen LogP contribution in [-0.4, -0.2) is 19.5 Å². The van der Waals surface area contributed by atoms with Gasteiger partial charge in [0, 0.05) is 45.9 Å². The van der Waals surface area contributed by atoms with Crippen LogP contribution in [0.2, 0.25) is 0 Å². The van der Waals surface area contributed by atoms with E-state index in [9.17, 15) is 0 Å². The molecule has 4 aromatic heterocycles. The van der Waals surface area contributed by atoms with Gasteiger partial charge in [-0.05, 0) is 64.7 Å². The Labute approximate surface area is 224 Å². The molecule has 0 spiro atoms. The first-order chi connectivity index (χ1) is 19.3. The number of aromatic nitrogens is 4. The summed E-state index contributed by atoms with van der Waals surface area (Å²) in [7, 11) is 0. The van der Waals surface area contributed by atoms with Crippen molar-refractivity contribution in [2.75, 3.05) is 0 Å². The average molecular weight is 499 g/mol. The Morgan fingerprint density at radius 2 is 1.26 bits per heavy atom. The lowest BCUT2D eigenvalue weighted by Gasteiger charge is -2.10. The standard InChI is InChI=1S/C35H22N4/c1-3-9-27-23(7-1)12-16-32-34(27)29-21-25(30-11-5-6-19-36-30)13-15-31(29)39(32)33-17-14-26(22-38-33)35-28-10-4-2-8-24(28)18-20-37-35/h1-22H. The zero-order valence-electron chi connectivity index (χ0n) is 21.0. The van der Waals surface area contributed by atoms with Crippen molar-refractivity contribution in [3.63, 3.8) is 0 Å². The van der Waals surface area contributed by atoms with Gasteiger partial charge in [0.25, 0.3) is 0 Å². The van der Waals surface area contributed by atoms with Crippen LogP contribution in [0.1, 0.15) is 0 Å². The van der Waals surface area contributed by atoms with Gasteiger partial charge in [-0.15, -0.1) is 0 Å². The van der Waals surface area contributed by atoms with Gasteiger partial charge in [0.1, 0.15) is 5.82 Å². The molecule has 0 aliphatic carbocycles.